The third-order valence-corrected chi connectivity index (χ3v) is 7.27. The molecule has 5 rings (SSSR count). The standard InChI is InChI=1S/C20H24F2N4O2/c21-12-7-23-19(24-8-12)25-17(27)9-26-10-20(3-4-20)15-5-11(14-6-16(14)22)1-2-13(15)18(26)28/h7-8,11,13-16H,1-6,9-10H2,(H,23,24,25,27)/t11?,13?,14-,15?,16-/m1/s1. The molecule has 1 aromatic heterocycles. The Morgan fingerprint density at radius 2 is 1.96 bits per heavy atom. The van der Waals surface area contributed by atoms with Gasteiger partial charge in [-0.15, -0.1) is 0 Å². The Kier molecular flexibility index (Phi) is 4.14. The number of hydrogen-bond acceptors (Lipinski definition) is 4. The van der Waals surface area contributed by atoms with Crippen LogP contribution in [0.2, 0.25) is 0 Å². The molecule has 0 aromatic carbocycles. The van der Waals surface area contributed by atoms with Gasteiger partial charge >= 0.3 is 0 Å². The number of hydrogen-bond donors (Lipinski definition) is 1. The van der Waals surface area contributed by atoms with E-state index in [2.05, 4.69) is 15.3 Å². The third kappa shape index (κ3) is 3.16. The predicted octanol–water partition coefficient (Wildman–Crippen LogP) is 2.57. The summed E-state index contributed by atoms with van der Waals surface area (Å²) in [6.45, 7) is 0.560. The lowest BCUT2D eigenvalue weighted by molar-refractivity contribution is -0.151. The van der Waals surface area contributed by atoms with E-state index in [1.165, 1.54) is 0 Å². The van der Waals surface area contributed by atoms with Gasteiger partial charge in [0.15, 0.2) is 5.82 Å². The summed E-state index contributed by atoms with van der Waals surface area (Å²) in [6.07, 6.45) is 6.87. The second-order valence-electron chi connectivity index (χ2n) is 9.03. The third-order valence-electron chi connectivity index (χ3n) is 7.27. The molecule has 1 saturated heterocycles. The summed E-state index contributed by atoms with van der Waals surface area (Å²) < 4.78 is 26.4. The maximum Gasteiger partial charge on any atom is 0.246 e. The van der Waals surface area contributed by atoms with E-state index >= 15 is 0 Å². The molecule has 1 N–H and O–H groups in total. The van der Waals surface area contributed by atoms with Crippen LogP contribution in [0.5, 0.6) is 0 Å². The van der Waals surface area contributed by atoms with E-state index in [9.17, 15) is 18.4 Å². The molecule has 0 bridgehead atoms. The van der Waals surface area contributed by atoms with Gasteiger partial charge in [-0.2, -0.15) is 0 Å². The van der Waals surface area contributed by atoms with E-state index in [1.807, 2.05) is 0 Å². The highest BCUT2D eigenvalue weighted by atomic mass is 19.1. The van der Waals surface area contributed by atoms with Gasteiger partial charge in [0.25, 0.3) is 0 Å². The predicted molar refractivity (Wildman–Crippen MR) is 96.2 cm³/mol. The van der Waals surface area contributed by atoms with Crippen molar-refractivity contribution in [1.29, 1.82) is 0 Å². The monoisotopic (exact) mass is 390 g/mol. The van der Waals surface area contributed by atoms with Crippen molar-refractivity contribution in [3.05, 3.63) is 18.2 Å². The fourth-order valence-electron chi connectivity index (χ4n) is 5.58. The summed E-state index contributed by atoms with van der Waals surface area (Å²) in [5, 5.41) is 2.53. The number of nitrogens with one attached hydrogen (secondary N) is 1. The second kappa shape index (κ2) is 6.46. The van der Waals surface area contributed by atoms with Crippen molar-refractivity contribution >= 4 is 17.8 Å². The first kappa shape index (κ1) is 17.9. The van der Waals surface area contributed by atoms with Crippen LogP contribution >= 0.6 is 0 Å². The lowest BCUT2D eigenvalue weighted by Crippen LogP contribution is -2.55. The number of nitrogens with zero attached hydrogens (tertiary/aromatic N) is 3. The van der Waals surface area contributed by atoms with Gasteiger partial charge in [-0.25, -0.2) is 18.7 Å². The number of carbonyl (C=O) groups excluding carboxylic acids is 2. The minimum atomic E-state index is -0.634. The number of rotatable bonds is 4. The molecule has 0 radical (unpaired) electrons. The van der Waals surface area contributed by atoms with Gasteiger partial charge < -0.3 is 4.90 Å². The van der Waals surface area contributed by atoms with Crippen molar-refractivity contribution in [2.24, 2.45) is 29.1 Å². The Hall–Kier alpha value is -2.12. The zero-order valence-electron chi connectivity index (χ0n) is 15.6. The molecule has 1 spiro atoms. The Bertz CT molecular complexity index is 798. The topological polar surface area (TPSA) is 75.2 Å². The summed E-state index contributed by atoms with van der Waals surface area (Å²) in [4.78, 5) is 34.5. The van der Waals surface area contributed by atoms with Gasteiger partial charge in [0.2, 0.25) is 17.8 Å². The number of halogens is 2. The lowest BCUT2D eigenvalue weighted by Gasteiger charge is -2.48. The number of likely N-dealkylation sites (tertiary alicyclic amines) is 1. The molecule has 5 atom stereocenters. The first-order valence-corrected chi connectivity index (χ1v) is 10.2. The molecule has 2 amide bonds. The van der Waals surface area contributed by atoms with Gasteiger partial charge in [0, 0.05) is 12.5 Å². The average molecular weight is 390 g/mol. The van der Waals surface area contributed by atoms with Crippen LogP contribution in [0.15, 0.2) is 12.4 Å². The maximum atomic E-state index is 13.5. The van der Waals surface area contributed by atoms with Crippen LogP contribution in [-0.4, -0.2) is 45.9 Å². The molecule has 150 valence electrons. The summed E-state index contributed by atoms with van der Waals surface area (Å²) in [6, 6.07) is 0. The Morgan fingerprint density at radius 1 is 1.25 bits per heavy atom. The molecule has 1 aliphatic heterocycles. The van der Waals surface area contributed by atoms with E-state index in [-0.39, 0.29) is 41.6 Å². The van der Waals surface area contributed by atoms with Gasteiger partial charge in [-0.05, 0) is 61.7 Å². The Labute approximate surface area is 162 Å². The van der Waals surface area contributed by atoms with E-state index in [1.54, 1.807) is 4.90 Å². The van der Waals surface area contributed by atoms with Crippen LogP contribution < -0.4 is 5.32 Å². The summed E-state index contributed by atoms with van der Waals surface area (Å²) in [5.41, 5.74) is 0.116. The van der Waals surface area contributed by atoms with Gasteiger partial charge in [-0.1, -0.05) is 0 Å². The largest absolute Gasteiger partial charge is 0.333 e. The first-order valence-electron chi connectivity index (χ1n) is 10.2. The van der Waals surface area contributed by atoms with Crippen molar-refractivity contribution in [2.75, 3.05) is 18.4 Å². The molecule has 3 unspecified atom stereocenters. The van der Waals surface area contributed by atoms with Gasteiger partial charge in [0.05, 0.1) is 18.9 Å². The number of amides is 2. The van der Waals surface area contributed by atoms with E-state index in [4.69, 9.17) is 0 Å². The number of piperidine rings is 1. The smallest absolute Gasteiger partial charge is 0.246 e. The Morgan fingerprint density at radius 3 is 2.61 bits per heavy atom. The number of carbonyl (C=O) groups is 2. The van der Waals surface area contributed by atoms with Crippen LogP contribution in [0.1, 0.15) is 38.5 Å². The van der Waals surface area contributed by atoms with E-state index in [0.29, 0.717) is 24.8 Å². The van der Waals surface area contributed by atoms with E-state index in [0.717, 1.165) is 44.5 Å². The molecule has 2 heterocycles. The fourth-order valence-corrected chi connectivity index (χ4v) is 5.58. The van der Waals surface area contributed by atoms with Crippen LogP contribution in [0, 0.1) is 34.9 Å². The molecular weight excluding hydrogens is 366 g/mol. The van der Waals surface area contributed by atoms with Crippen LogP contribution in [0.25, 0.3) is 0 Å². The number of alkyl halides is 1. The van der Waals surface area contributed by atoms with Crippen LogP contribution in [0.4, 0.5) is 14.7 Å². The molecule has 3 saturated carbocycles. The summed E-state index contributed by atoms with van der Waals surface area (Å²) >= 11 is 0. The van der Waals surface area contributed by atoms with Crippen LogP contribution in [0.3, 0.4) is 0 Å². The highest BCUT2D eigenvalue weighted by molar-refractivity contribution is 5.94. The fraction of sp³-hybridized carbons (Fsp3) is 0.700. The molecule has 28 heavy (non-hydrogen) atoms. The second-order valence-corrected chi connectivity index (χ2v) is 9.03. The highest BCUT2D eigenvalue weighted by Crippen LogP contribution is 2.63. The molecule has 6 nitrogen and oxygen atoms in total. The van der Waals surface area contributed by atoms with Crippen molar-refractivity contribution in [2.45, 2.75) is 44.7 Å². The number of anilines is 1. The number of aromatic nitrogens is 2. The average Bonchev–Trinajstić information content (AvgIpc) is 3.59. The maximum absolute atomic E-state index is 13.5. The van der Waals surface area contributed by atoms with Gasteiger partial charge in [-0.3, -0.25) is 14.9 Å². The van der Waals surface area contributed by atoms with Crippen molar-refractivity contribution < 1.29 is 18.4 Å². The number of fused-ring (bicyclic) bond motifs is 2. The SMILES string of the molecule is O=C(CN1CC2(CC2)C2CC([C@H]3C[C@H]3F)CCC2C1=O)Nc1ncc(F)cn1. The van der Waals surface area contributed by atoms with Crippen molar-refractivity contribution in [3.63, 3.8) is 0 Å². The Balaban J connectivity index is 1.25. The summed E-state index contributed by atoms with van der Waals surface area (Å²) in [7, 11) is 0. The molecule has 3 aliphatic carbocycles. The zero-order chi connectivity index (χ0) is 19.5. The van der Waals surface area contributed by atoms with E-state index < -0.39 is 12.0 Å². The molecule has 4 aliphatic rings. The zero-order valence-corrected chi connectivity index (χ0v) is 15.6. The van der Waals surface area contributed by atoms with Crippen molar-refractivity contribution in [3.8, 4) is 0 Å². The first-order chi connectivity index (χ1) is 13.4. The highest BCUT2D eigenvalue weighted by Gasteiger charge is 2.61. The van der Waals surface area contributed by atoms with Crippen LogP contribution in [-0.2, 0) is 9.59 Å². The molecule has 4 fully saturated rings. The van der Waals surface area contributed by atoms with Crippen molar-refractivity contribution in [1.82, 2.24) is 14.9 Å². The minimum absolute atomic E-state index is 0.0283. The lowest BCUT2D eigenvalue weighted by atomic mass is 9.63. The molecule has 8 heteroatoms. The minimum Gasteiger partial charge on any atom is -0.333 e. The quantitative estimate of drug-likeness (QED) is 0.857. The molecule has 1 aromatic rings. The molecular formula is C20H24F2N4O2. The summed E-state index contributed by atoms with van der Waals surface area (Å²) in [5.74, 6) is 0.0566. The van der Waals surface area contributed by atoms with Gasteiger partial charge in [0.1, 0.15) is 6.17 Å². The normalized spacial score (nSPS) is 35.4.